The van der Waals surface area contributed by atoms with E-state index in [-0.39, 0.29) is 18.5 Å². The summed E-state index contributed by atoms with van der Waals surface area (Å²) in [5.74, 6) is 1.01. The fraction of sp³-hybridized carbons (Fsp3) is 0.148. The van der Waals surface area contributed by atoms with E-state index >= 15 is 0 Å². The molecule has 0 aliphatic carbocycles. The summed E-state index contributed by atoms with van der Waals surface area (Å²) in [5, 5.41) is 6.86. The van der Waals surface area contributed by atoms with E-state index in [1.165, 1.54) is 30.4 Å². The number of hydrogen-bond acceptors (Lipinski definition) is 8. The number of aryl methyl sites for hydroxylation is 1. The van der Waals surface area contributed by atoms with E-state index in [1.807, 2.05) is 85.8 Å². The van der Waals surface area contributed by atoms with Crippen LogP contribution in [0, 0.1) is 6.92 Å². The molecule has 1 amide bonds. The SMILES string of the molecule is CC(=O)C1=NN(c2cccc(C)c2)[C@]2(S1)S/C(=C/c1ccc3c(c1)OCO3)C(=O)N2c1ccccc1. The van der Waals surface area contributed by atoms with Gasteiger partial charge in [0.1, 0.15) is 0 Å². The summed E-state index contributed by atoms with van der Waals surface area (Å²) in [4.78, 5) is 28.8. The lowest BCUT2D eigenvalue weighted by Gasteiger charge is -2.38. The zero-order valence-corrected chi connectivity index (χ0v) is 21.1. The average Bonchev–Trinajstić information content (AvgIpc) is 3.56. The first-order valence-electron chi connectivity index (χ1n) is 11.3. The summed E-state index contributed by atoms with van der Waals surface area (Å²) < 4.78 is 9.89. The molecule has 7 nitrogen and oxygen atoms in total. The number of para-hydroxylation sites is 1. The van der Waals surface area contributed by atoms with Gasteiger partial charge in [0.25, 0.3) is 5.91 Å². The molecule has 6 rings (SSSR count). The third kappa shape index (κ3) is 3.75. The van der Waals surface area contributed by atoms with Gasteiger partial charge in [0, 0.05) is 12.6 Å². The number of benzene rings is 3. The first kappa shape index (κ1) is 22.8. The van der Waals surface area contributed by atoms with Crippen molar-refractivity contribution < 1.29 is 19.1 Å². The lowest BCUT2D eigenvalue weighted by Crippen LogP contribution is -2.51. The molecular formula is C27H21N3O4S2. The van der Waals surface area contributed by atoms with Crippen LogP contribution in [0.15, 0.2) is 82.8 Å². The lowest BCUT2D eigenvalue weighted by molar-refractivity contribution is -0.114. The molecule has 1 spiro atoms. The van der Waals surface area contributed by atoms with Gasteiger partial charge in [-0.25, -0.2) is 5.01 Å². The van der Waals surface area contributed by atoms with Crippen molar-refractivity contribution in [3.8, 4) is 11.5 Å². The second kappa shape index (κ2) is 8.76. The predicted octanol–water partition coefficient (Wildman–Crippen LogP) is 5.61. The quantitative estimate of drug-likeness (QED) is 0.418. The smallest absolute Gasteiger partial charge is 0.268 e. The van der Waals surface area contributed by atoms with Gasteiger partial charge in [-0.3, -0.25) is 14.5 Å². The third-order valence-electron chi connectivity index (χ3n) is 5.88. The standard InChI is InChI=1S/C27H21N3O4S2/c1-17-7-6-10-21(13-17)30-27(36-25(28-30)18(2)31)29(20-8-4-3-5-9-20)26(32)24(35-27)15-19-11-12-22-23(14-19)34-16-33-22/h3-15H,16H2,1-2H3/b24-15+/t27-/m0/s1. The van der Waals surface area contributed by atoms with Crippen molar-refractivity contribution in [1.29, 1.82) is 0 Å². The van der Waals surface area contributed by atoms with Gasteiger partial charge in [0.05, 0.1) is 10.6 Å². The monoisotopic (exact) mass is 515 g/mol. The summed E-state index contributed by atoms with van der Waals surface area (Å²) in [6, 6.07) is 23.0. The van der Waals surface area contributed by atoms with Gasteiger partial charge in [0.2, 0.25) is 11.1 Å². The van der Waals surface area contributed by atoms with Crippen molar-refractivity contribution >= 4 is 57.7 Å². The maximum atomic E-state index is 14.0. The van der Waals surface area contributed by atoms with Crippen LogP contribution in [0.1, 0.15) is 18.1 Å². The summed E-state index contributed by atoms with van der Waals surface area (Å²) in [7, 11) is 0. The molecule has 36 heavy (non-hydrogen) atoms. The van der Waals surface area contributed by atoms with Crippen molar-refractivity contribution in [2.24, 2.45) is 5.10 Å². The number of fused-ring (bicyclic) bond motifs is 1. The number of hydrogen-bond donors (Lipinski definition) is 0. The van der Waals surface area contributed by atoms with Crippen molar-refractivity contribution in [3.63, 3.8) is 0 Å². The largest absolute Gasteiger partial charge is 0.454 e. The maximum absolute atomic E-state index is 14.0. The lowest BCUT2D eigenvalue weighted by atomic mass is 10.2. The Kier molecular flexibility index (Phi) is 5.54. The molecule has 1 saturated heterocycles. The Morgan fingerprint density at radius 1 is 0.972 bits per heavy atom. The molecule has 0 bridgehead atoms. The van der Waals surface area contributed by atoms with Crippen molar-refractivity contribution in [3.05, 3.63) is 88.8 Å². The predicted molar refractivity (Wildman–Crippen MR) is 144 cm³/mol. The zero-order chi connectivity index (χ0) is 24.9. The van der Waals surface area contributed by atoms with E-state index in [9.17, 15) is 9.59 Å². The molecule has 3 heterocycles. The summed E-state index contributed by atoms with van der Waals surface area (Å²) in [6.45, 7) is 3.68. The van der Waals surface area contributed by atoms with Crippen LogP contribution in [0.3, 0.4) is 0 Å². The molecule has 0 saturated carbocycles. The topological polar surface area (TPSA) is 71.4 Å². The molecule has 3 aliphatic heterocycles. The molecule has 1 fully saturated rings. The molecule has 0 aromatic heterocycles. The highest BCUT2D eigenvalue weighted by Gasteiger charge is 2.59. The number of rotatable bonds is 4. The number of carbonyl (C=O) groups is 2. The van der Waals surface area contributed by atoms with E-state index in [4.69, 9.17) is 14.6 Å². The molecule has 0 unspecified atom stereocenters. The third-order valence-corrected chi connectivity index (χ3v) is 8.70. The van der Waals surface area contributed by atoms with E-state index in [1.54, 1.807) is 9.91 Å². The minimum absolute atomic E-state index is 0.149. The first-order valence-corrected chi connectivity index (χ1v) is 12.9. The second-order valence-electron chi connectivity index (χ2n) is 8.46. The number of carbonyl (C=O) groups excluding carboxylic acids is 2. The van der Waals surface area contributed by atoms with Gasteiger partial charge < -0.3 is 9.47 Å². The molecule has 3 aromatic rings. The Morgan fingerprint density at radius 3 is 2.53 bits per heavy atom. The average molecular weight is 516 g/mol. The van der Waals surface area contributed by atoms with Crippen LogP contribution in [0.4, 0.5) is 11.4 Å². The van der Waals surface area contributed by atoms with Crippen LogP contribution >= 0.6 is 23.5 Å². The molecule has 3 aliphatic rings. The number of hydrazone groups is 1. The highest BCUT2D eigenvalue weighted by atomic mass is 32.2. The highest BCUT2D eigenvalue weighted by molar-refractivity contribution is 8.29. The number of ether oxygens (including phenoxy) is 2. The van der Waals surface area contributed by atoms with E-state index in [2.05, 4.69) is 0 Å². The Hall–Kier alpha value is -3.69. The molecule has 0 N–H and O–H groups in total. The highest BCUT2D eigenvalue weighted by Crippen LogP contribution is 2.59. The summed E-state index contributed by atoms with van der Waals surface area (Å²) in [6.07, 6.45) is 1.85. The van der Waals surface area contributed by atoms with Crippen LogP contribution in [-0.4, -0.2) is 27.9 Å². The normalized spacial score (nSPS) is 21.6. The molecular weight excluding hydrogens is 494 g/mol. The van der Waals surface area contributed by atoms with Crippen LogP contribution in [-0.2, 0) is 9.59 Å². The van der Waals surface area contributed by atoms with E-state index in [0.717, 1.165) is 16.8 Å². The Balaban J connectivity index is 1.50. The zero-order valence-electron chi connectivity index (χ0n) is 19.5. The number of thioether (sulfide) groups is 2. The number of Topliss-reactive ketones (excluding diaryl/α,β-unsaturated/α-hetero) is 1. The number of ketones is 1. The number of amides is 1. The Labute approximate surface area is 216 Å². The Morgan fingerprint density at radius 2 is 1.75 bits per heavy atom. The molecule has 1 atom stereocenters. The van der Waals surface area contributed by atoms with Crippen LogP contribution < -0.4 is 19.4 Å². The van der Waals surface area contributed by atoms with Gasteiger partial charge in [-0.1, -0.05) is 48.2 Å². The van der Waals surface area contributed by atoms with Crippen LogP contribution in [0.2, 0.25) is 0 Å². The van der Waals surface area contributed by atoms with Crippen molar-refractivity contribution in [1.82, 2.24) is 0 Å². The van der Waals surface area contributed by atoms with Crippen molar-refractivity contribution in [2.45, 2.75) is 18.2 Å². The van der Waals surface area contributed by atoms with Gasteiger partial charge in [0.15, 0.2) is 22.3 Å². The van der Waals surface area contributed by atoms with Gasteiger partial charge >= 0.3 is 0 Å². The second-order valence-corrected chi connectivity index (χ2v) is 11.1. The van der Waals surface area contributed by atoms with Crippen LogP contribution in [0.25, 0.3) is 6.08 Å². The van der Waals surface area contributed by atoms with Crippen molar-refractivity contribution in [2.75, 3.05) is 16.7 Å². The fourth-order valence-corrected chi connectivity index (χ4v) is 7.12. The molecule has 3 aromatic carbocycles. The summed E-state index contributed by atoms with van der Waals surface area (Å²) >= 11 is 2.66. The Bertz CT molecular complexity index is 1460. The molecule has 9 heteroatoms. The minimum atomic E-state index is -1.05. The summed E-state index contributed by atoms with van der Waals surface area (Å²) in [5.41, 5.74) is 3.38. The number of anilines is 2. The fourth-order valence-electron chi connectivity index (χ4n) is 4.24. The molecule has 180 valence electrons. The van der Waals surface area contributed by atoms with Crippen LogP contribution in [0.5, 0.6) is 11.5 Å². The van der Waals surface area contributed by atoms with Gasteiger partial charge in [-0.2, -0.15) is 5.10 Å². The maximum Gasteiger partial charge on any atom is 0.268 e. The number of nitrogens with zero attached hydrogens (tertiary/aromatic N) is 3. The van der Waals surface area contributed by atoms with Gasteiger partial charge in [-0.15, -0.1) is 0 Å². The van der Waals surface area contributed by atoms with Gasteiger partial charge in [-0.05, 0) is 72.3 Å². The first-order chi connectivity index (χ1) is 17.4. The van der Waals surface area contributed by atoms with E-state index < -0.39 is 4.33 Å². The molecule has 0 radical (unpaired) electrons. The van der Waals surface area contributed by atoms with E-state index in [0.29, 0.717) is 27.1 Å². The minimum Gasteiger partial charge on any atom is -0.454 e.